The summed E-state index contributed by atoms with van der Waals surface area (Å²) in [5.41, 5.74) is 0.876. The molecule has 1 heterocycles. The largest absolute Gasteiger partial charge is 0.455 e. The average molecular weight is 339 g/mol. The molecule has 0 radical (unpaired) electrons. The van der Waals surface area contributed by atoms with Crippen LogP contribution in [0.2, 0.25) is 0 Å². The molecular formula is C17H13N3O5. The van der Waals surface area contributed by atoms with Gasteiger partial charge in [-0.25, -0.2) is 4.79 Å². The molecule has 0 saturated heterocycles. The standard InChI is InChI=1S/C17H13N3O5/c18-14(10-24-17(21)19-12-4-2-1-3-5-12)16-9-11-8-13(20(22)23)6-7-15(11)25-16/h1-9,18H,10H2,(H,19,21). The smallest absolute Gasteiger partial charge is 0.412 e. The molecule has 1 amide bonds. The van der Waals surface area contributed by atoms with Crippen molar-refractivity contribution >= 4 is 34.1 Å². The Morgan fingerprint density at radius 1 is 1.20 bits per heavy atom. The normalized spacial score (nSPS) is 10.4. The summed E-state index contributed by atoms with van der Waals surface area (Å²) in [6, 6.07) is 14.4. The molecule has 1 aromatic heterocycles. The number of carbonyl (C=O) groups excluding carboxylic acids is 1. The second-order valence-corrected chi connectivity index (χ2v) is 5.14. The van der Waals surface area contributed by atoms with E-state index in [0.717, 1.165) is 0 Å². The Hall–Kier alpha value is -3.68. The molecule has 0 saturated carbocycles. The molecule has 0 unspecified atom stereocenters. The van der Waals surface area contributed by atoms with E-state index in [0.29, 0.717) is 16.7 Å². The van der Waals surface area contributed by atoms with Crippen molar-refractivity contribution in [1.82, 2.24) is 0 Å². The molecule has 0 spiro atoms. The summed E-state index contributed by atoms with van der Waals surface area (Å²) in [6.45, 7) is -0.291. The lowest BCUT2D eigenvalue weighted by molar-refractivity contribution is -0.384. The van der Waals surface area contributed by atoms with Gasteiger partial charge in [0.2, 0.25) is 0 Å². The third kappa shape index (κ3) is 3.81. The van der Waals surface area contributed by atoms with Crippen molar-refractivity contribution in [3.8, 4) is 0 Å². The molecule has 2 N–H and O–H groups in total. The number of carbonyl (C=O) groups is 1. The maximum absolute atomic E-state index is 11.7. The number of fused-ring (bicyclic) bond motifs is 1. The Bertz CT molecular complexity index is 949. The maximum atomic E-state index is 11.7. The minimum absolute atomic E-state index is 0.0536. The van der Waals surface area contributed by atoms with Crippen molar-refractivity contribution in [2.45, 2.75) is 0 Å². The zero-order valence-corrected chi connectivity index (χ0v) is 12.9. The number of amides is 1. The Kier molecular flexibility index (Phi) is 4.42. The zero-order valence-electron chi connectivity index (χ0n) is 12.9. The van der Waals surface area contributed by atoms with Crippen molar-refractivity contribution in [2.24, 2.45) is 0 Å². The molecule has 25 heavy (non-hydrogen) atoms. The van der Waals surface area contributed by atoms with E-state index in [1.807, 2.05) is 6.07 Å². The van der Waals surface area contributed by atoms with Crippen molar-refractivity contribution in [3.05, 3.63) is 70.5 Å². The number of nitrogens with zero attached hydrogens (tertiary/aromatic N) is 1. The van der Waals surface area contributed by atoms with Gasteiger partial charge in [-0.05, 0) is 24.3 Å². The first-order chi connectivity index (χ1) is 12.0. The van der Waals surface area contributed by atoms with Crippen LogP contribution in [0.3, 0.4) is 0 Å². The molecule has 0 aliphatic heterocycles. The number of nitro groups is 1. The number of para-hydroxylation sites is 1. The predicted molar refractivity (Wildman–Crippen MR) is 91.1 cm³/mol. The summed E-state index contributed by atoms with van der Waals surface area (Å²) in [4.78, 5) is 22.0. The lowest BCUT2D eigenvalue weighted by atomic mass is 10.2. The summed E-state index contributed by atoms with van der Waals surface area (Å²) in [7, 11) is 0. The number of hydrogen-bond donors (Lipinski definition) is 2. The molecule has 0 aliphatic rings. The monoisotopic (exact) mass is 339 g/mol. The van der Waals surface area contributed by atoms with Crippen LogP contribution in [-0.4, -0.2) is 23.3 Å². The first kappa shape index (κ1) is 16.2. The lowest BCUT2D eigenvalue weighted by Gasteiger charge is -2.06. The topological polar surface area (TPSA) is 118 Å². The van der Waals surface area contributed by atoms with Gasteiger partial charge in [0.25, 0.3) is 5.69 Å². The van der Waals surface area contributed by atoms with Gasteiger partial charge in [0, 0.05) is 23.2 Å². The highest BCUT2D eigenvalue weighted by Crippen LogP contribution is 2.24. The van der Waals surface area contributed by atoms with Crippen molar-refractivity contribution < 1.29 is 18.9 Å². The molecular weight excluding hydrogens is 326 g/mol. The van der Waals surface area contributed by atoms with E-state index in [9.17, 15) is 14.9 Å². The Morgan fingerprint density at radius 3 is 2.68 bits per heavy atom. The van der Waals surface area contributed by atoms with Gasteiger partial charge in [0.1, 0.15) is 17.9 Å². The SMILES string of the molecule is N=C(COC(=O)Nc1ccccc1)c1cc2cc([N+](=O)[O-])ccc2o1. The molecule has 8 heteroatoms. The number of non-ortho nitro benzene ring substituents is 1. The number of hydrogen-bond acceptors (Lipinski definition) is 6. The number of nitrogens with one attached hydrogen (secondary N) is 2. The van der Waals surface area contributed by atoms with E-state index in [2.05, 4.69) is 5.32 Å². The second kappa shape index (κ2) is 6.83. The Balaban J connectivity index is 1.64. The van der Waals surface area contributed by atoms with E-state index in [1.165, 1.54) is 24.3 Å². The van der Waals surface area contributed by atoms with E-state index in [4.69, 9.17) is 14.6 Å². The van der Waals surface area contributed by atoms with E-state index < -0.39 is 11.0 Å². The van der Waals surface area contributed by atoms with E-state index >= 15 is 0 Å². The fourth-order valence-corrected chi connectivity index (χ4v) is 2.18. The molecule has 0 fully saturated rings. The highest BCUT2D eigenvalue weighted by molar-refractivity contribution is 6.01. The fourth-order valence-electron chi connectivity index (χ4n) is 2.18. The van der Waals surface area contributed by atoms with Gasteiger partial charge in [0.05, 0.1) is 4.92 Å². The molecule has 0 bridgehead atoms. The van der Waals surface area contributed by atoms with Crippen LogP contribution in [0.1, 0.15) is 5.76 Å². The van der Waals surface area contributed by atoms with Crippen LogP contribution in [0, 0.1) is 15.5 Å². The molecule has 126 valence electrons. The van der Waals surface area contributed by atoms with Gasteiger partial charge in [-0.15, -0.1) is 0 Å². The number of ether oxygens (including phenoxy) is 1. The summed E-state index contributed by atoms with van der Waals surface area (Å²) in [5.74, 6) is 0.183. The maximum Gasteiger partial charge on any atom is 0.412 e. The molecule has 2 aromatic carbocycles. The number of anilines is 1. The van der Waals surface area contributed by atoms with Crippen LogP contribution in [0.4, 0.5) is 16.2 Å². The first-order valence-electron chi connectivity index (χ1n) is 7.27. The summed E-state index contributed by atoms with van der Waals surface area (Å²) < 4.78 is 10.4. The molecule has 8 nitrogen and oxygen atoms in total. The Labute approximate surface area is 141 Å². The van der Waals surface area contributed by atoms with E-state index in [-0.39, 0.29) is 23.8 Å². The van der Waals surface area contributed by atoms with Gasteiger partial charge in [-0.3, -0.25) is 20.8 Å². The number of benzene rings is 2. The fraction of sp³-hybridized carbons (Fsp3) is 0.0588. The van der Waals surface area contributed by atoms with Gasteiger partial charge < -0.3 is 9.15 Å². The van der Waals surface area contributed by atoms with Gasteiger partial charge in [0.15, 0.2) is 5.76 Å². The van der Waals surface area contributed by atoms with Crippen LogP contribution in [-0.2, 0) is 4.74 Å². The number of nitro benzene ring substituents is 1. The molecule has 0 aliphatic carbocycles. The van der Waals surface area contributed by atoms with Gasteiger partial charge >= 0.3 is 6.09 Å². The minimum atomic E-state index is -0.692. The molecule has 3 rings (SSSR count). The number of furan rings is 1. The van der Waals surface area contributed by atoms with Crippen LogP contribution >= 0.6 is 0 Å². The van der Waals surface area contributed by atoms with E-state index in [1.54, 1.807) is 24.3 Å². The molecule has 0 atom stereocenters. The third-order valence-corrected chi connectivity index (χ3v) is 3.38. The zero-order chi connectivity index (χ0) is 17.8. The summed E-state index contributed by atoms with van der Waals surface area (Å²) in [6.07, 6.45) is -0.692. The minimum Gasteiger partial charge on any atom is -0.455 e. The van der Waals surface area contributed by atoms with Crippen LogP contribution in [0.15, 0.2) is 59.0 Å². The summed E-state index contributed by atoms with van der Waals surface area (Å²) >= 11 is 0. The second-order valence-electron chi connectivity index (χ2n) is 5.14. The predicted octanol–water partition coefficient (Wildman–Crippen LogP) is 3.96. The van der Waals surface area contributed by atoms with Gasteiger partial charge in [-0.1, -0.05) is 18.2 Å². The molecule has 3 aromatic rings. The highest BCUT2D eigenvalue weighted by atomic mass is 16.6. The highest BCUT2D eigenvalue weighted by Gasteiger charge is 2.14. The number of rotatable bonds is 5. The lowest BCUT2D eigenvalue weighted by Crippen LogP contribution is -2.18. The van der Waals surface area contributed by atoms with Crippen molar-refractivity contribution in [2.75, 3.05) is 11.9 Å². The van der Waals surface area contributed by atoms with Crippen molar-refractivity contribution in [1.29, 1.82) is 5.41 Å². The average Bonchev–Trinajstić information content (AvgIpc) is 3.03. The first-order valence-corrected chi connectivity index (χ1v) is 7.27. The Morgan fingerprint density at radius 2 is 1.96 bits per heavy atom. The third-order valence-electron chi connectivity index (χ3n) is 3.38. The van der Waals surface area contributed by atoms with Gasteiger partial charge in [-0.2, -0.15) is 0 Å². The van der Waals surface area contributed by atoms with Crippen LogP contribution in [0.5, 0.6) is 0 Å². The van der Waals surface area contributed by atoms with Crippen molar-refractivity contribution in [3.63, 3.8) is 0 Å². The summed E-state index contributed by atoms with van der Waals surface area (Å²) in [5, 5.41) is 21.8. The van der Waals surface area contributed by atoms with Crippen LogP contribution < -0.4 is 5.32 Å². The quantitative estimate of drug-likeness (QED) is 0.414. The van der Waals surface area contributed by atoms with Crippen LogP contribution in [0.25, 0.3) is 11.0 Å².